The molecule has 1 aromatic carbocycles. The maximum atomic E-state index is 13.9. The molecule has 0 radical (unpaired) electrons. The van der Waals surface area contributed by atoms with Crippen molar-refractivity contribution in [3.8, 4) is 5.75 Å². The minimum atomic E-state index is -2.69. The van der Waals surface area contributed by atoms with Crippen LogP contribution in [0.4, 0.5) is 0 Å². The number of nitrogens with zero attached hydrogens (tertiary/aromatic N) is 2. The van der Waals surface area contributed by atoms with E-state index in [4.69, 9.17) is 10.5 Å². The smallest absolute Gasteiger partial charge is 0.230 e. The van der Waals surface area contributed by atoms with Crippen molar-refractivity contribution < 1.29 is 44.0 Å². The molecule has 40 heavy (non-hydrogen) atoms. The van der Waals surface area contributed by atoms with E-state index in [1.54, 1.807) is 30.0 Å². The molecule has 0 aromatic heterocycles. The summed E-state index contributed by atoms with van der Waals surface area (Å²) >= 11 is 0. The lowest BCUT2D eigenvalue weighted by Crippen LogP contribution is -2.75. The highest BCUT2D eigenvalue weighted by Crippen LogP contribution is 2.51. The van der Waals surface area contributed by atoms with E-state index in [9.17, 15) is 39.3 Å². The number of nitrogens with two attached hydrogens (primary N) is 1. The number of phenolic OH excluding ortho intramolecular Hbond substituents is 1. The predicted molar refractivity (Wildman–Crippen MR) is 138 cm³/mol. The maximum Gasteiger partial charge on any atom is 0.230 e. The number of rotatable bonds is 5. The number of likely N-dealkylation sites (N-methyl/N-ethyl adjacent to an activating group) is 1. The third kappa shape index (κ3) is 4.25. The first-order valence-corrected chi connectivity index (χ1v) is 13.6. The van der Waals surface area contributed by atoms with Gasteiger partial charge in [0.25, 0.3) is 0 Å². The van der Waals surface area contributed by atoms with Gasteiger partial charge in [0, 0.05) is 31.5 Å². The molecule has 3 aliphatic carbocycles. The van der Waals surface area contributed by atoms with Gasteiger partial charge in [-0.3, -0.25) is 24.0 Å². The Morgan fingerprint density at radius 3 is 2.45 bits per heavy atom. The topological polar surface area (TPSA) is 188 Å². The number of Topliss-reactive ketones (excluding diaryl/α,β-unsaturated/α-hetero) is 3. The molecule has 2 saturated carbocycles. The summed E-state index contributed by atoms with van der Waals surface area (Å²) in [4.78, 5) is 69.2. The molecule has 0 spiro atoms. The lowest BCUT2D eigenvalue weighted by molar-refractivity contribution is -0.190. The van der Waals surface area contributed by atoms with Crippen molar-refractivity contribution in [1.29, 1.82) is 0 Å². The van der Waals surface area contributed by atoms with Crippen LogP contribution in [0.25, 0.3) is 0 Å². The Bertz CT molecular complexity index is 1270. The first-order chi connectivity index (χ1) is 18.9. The lowest BCUT2D eigenvalue weighted by atomic mass is 9.52. The fraction of sp³-hybridized carbons (Fsp3) is 0.607. The molecule has 3 unspecified atom stereocenters. The van der Waals surface area contributed by atoms with Crippen LogP contribution >= 0.6 is 0 Å². The van der Waals surface area contributed by atoms with Gasteiger partial charge in [0.15, 0.2) is 23.0 Å². The van der Waals surface area contributed by atoms with E-state index in [2.05, 4.69) is 0 Å². The molecule has 1 heterocycles. The Labute approximate surface area is 231 Å². The number of aryl methyl sites for hydroxylation is 1. The highest BCUT2D eigenvalue weighted by atomic mass is 16.5. The van der Waals surface area contributed by atoms with E-state index in [0.29, 0.717) is 43.9 Å². The van der Waals surface area contributed by atoms with Crippen molar-refractivity contribution in [2.45, 2.75) is 43.4 Å². The number of aromatic hydroxyl groups is 1. The number of benzene rings is 1. The van der Waals surface area contributed by atoms with Gasteiger partial charge in [-0.15, -0.1) is 0 Å². The number of ether oxygens (including phenoxy) is 1. The van der Waals surface area contributed by atoms with Gasteiger partial charge in [0.05, 0.1) is 30.8 Å². The number of hydrogen-bond acceptors (Lipinski definition) is 10. The van der Waals surface area contributed by atoms with Crippen LogP contribution in [0.5, 0.6) is 5.75 Å². The second-order valence-electron chi connectivity index (χ2n) is 11.6. The van der Waals surface area contributed by atoms with E-state index in [1.165, 1.54) is 6.07 Å². The first-order valence-electron chi connectivity index (χ1n) is 13.6. The second kappa shape index (κ2) is 10.3. The van der Waals surface area contributed by atoms with E-state index < -0.39 is 64.7 Å². The molecular formula is C28H35N3O9. The number of aliphatic hydroxyl groups excluding tert-OH is 1. The van der Waals surface area contributed by atoms with Gasteiger partial charge in [-0.05, 0) is 56.5 Å². The molecule has 12 nitrogen and oxygen atoms in total. The van der Waals surface area contributed by atoms with Crippen LogP contribution in [0, 0.1) is 23.7 Å². The largest absolute Gasteiger partial charge is 0.507 e. The van der Waals surface area contributed by atoms with Crippen LogP contribution in [0.1, 0.15) is 34.3 Å². The fourth-order valence-electron chi connectivity index (χ4n) is 7.33. The summed E-state index contributed by atoms with van der Waals surface area (Å²) in [6.45, 7) is 1.97. The number of fused-ring (bicyclic) bond motifs is 3. The van der Waals surface area contributed by atoms with Crippen molar-refractivity contribution >= 4 is 29.2 Å². The van der Waals surface area contributed by atoms with Crippen LogP contribution in [-0.2, 0) is 36.8 Å². The Kier molecular flexibility index (Phi) is 7.32. The zero-order chi connectivity index (χ0) is 29.1. The molecule has 12 heteroatoms. The molecule has 1 aliphatic heterocycles. The normalized spacial score (nSPS) is 33.8. The Hall–Kier alpha value is -3.19. The van der Waals surface area contributed by atoms with Crippen LogP contribution < -0.4 is 5.73 Å². The number of carbonyl (C=O) groups is 5. The van der Waals surface area contributed by atoms with Crippen LogP contribution in [0.2, 0.25) is 0 Å². The van der Waals surface area contributed by atoms with Crippen molar-refractivity contribution in [1.82, 2.24) is 9.80 Å². The number of morpholine rings is 1. The second-order valence-corrected chi connectivity index (χ2v) is 11.6. The summed E-state index contributed by atoms with van der Waals surface area (Å²) in [7, 11) is 3.20. The van der Waals surface area contributed by atoms with E-state index in [0.717, 1.165) is 0 Å². The Balaban J connectivity index is 1.49. The van der Waals surface area contributed by atoms with Crippen LogP contribution in [0.15, 0.2) is 12.1 Å². The number of hydrogen-bond donors (Lipinski definition) is 4. The molecule has 5 rings (SSSR count). The first kappa shape index (κ1) is 28.3. The SMILES string of the molecule is CN(C)[C@H]1C(O)C(C(N)=O)C(=O)[C@]2(O)C(=O)C3C(=O)c4c(O)ccc(CCC(=O)N5CCOCC5)c4C[C@@H]3C[C@H]12. The number of aliphatic hydroxyl groups is 2. The minimum Gasteiger partial charge on any atom is -0.507 e. The molecule has 5 N–H and O–H groups in total. The standard InChI is InChI=1S/C28H35N3O9/c1-30(2)22-16-12-14-11-15-13(4-6-18(33)31-7-9-40-10-8-31)3-5-17(32)20(15)23(34)19(14)25(36)28(16,39)26(37)21(24(22)35)27(29)38/h3,5,14,16,19,21-22,24,32,35,39H,4,6-12H2,1-2H3,(H2,29,38)/t14-,16-,19?,21?,22-,24?,28-/m1/s1. The van der Waals surface area contributed by atoms with Crippen molar-refractivity contribution in [3.63, 3.8) is 0 Å². The summed E-state index contributed by atoms with van der Waals surface area (Å²) in [6.07, 6.45) is -0.798. The van der Waals surface area contributed by atoms with Crippen molar-refractivity contribution in [2.75, 3.05) is 40.4 Å². The summed E-state index contributed by atoms with van der Waals surface area (Å²) in [6, 6.07) is 2.06. The van der Waals surface area contributed by atoms with Gasteiger partial charge < -0.3 is 35.6 Å². The van der Waals surface area contributed by atoms with Gasteiger partial charge in [-0.1, -0.05) is 6.07 Å². The van der Waals surface area contributed by atoms with Gasteiger partial charge in [-0.25, -0.2) is 0 Å². The summed E-state index contributed by atoms with van der Waals surface area (Å²) in [5, 5.41) is 33.3. The molecule has 0 bridgehead atoms. The van der Waals surface area contributed by atoms with Crippen molar-refractivity contribution in [3.05, 3.63) is 28.8 Å². The molecule has 2 amide bonds. The molecule has 3 fully saturated rings. The maximum absolute atomic E-state index is 13.9. The summed E-state index contributed by atoms with van der Waals surface area (Å²) in [5.41, 5.74) is 3.90. The molecule has 7 atom stereocenters. The lowest BCUT2D eigenvalue weighted by Gasteiger charge is -2.54. The quantitative estimate of drug-likeness (QED) is 0.309. The summed E-state index contributed by atoms with van der Waals surface area (Å²) in [5.74, 6) is -9.43. The zero-order valence-corrected chi connectivity index (χ0v) is 22.5. The Morgan fingerprint density at radius 1 is 1.15 bits per heavy atom. The van der Waals surface area contributed by atoms with E-state index in [-0.39, 0.29) is 36.5 Å². The average Bonchev–Trinajstić information content (AvgIpc) is 2.90. The molecular weight excluding hydrogens is 522 g/mol. The minimum absolute atomic E-state index is 0.0387. The molecule has 1 saturated heterocycles. The molecule has 216 valence electrons. The predicted octanol–water partition coefficient (Wildman–Crippen LogP) is -1.55. The van der Waals surface area contributed by atoms with Crippen LogP contribution in [-0.4, -0.2) is 112 Å². The van der Waals surface area contributed by atoms with Crippen molar-refractivity contribution in [2.24, 2.45) is 29.4 Å². The molecule has 4 aliphatic rings. The molecule has 1 aromatic rings. The monoisotopic (exact) mass is 557 g/mol. The van der Waals surface area contributed by atoms with Crippen LogP contribution in [0.3, 0.4) is 0 Å². The highest BCUT2D eigenvalue weighted by molar-refractivity contribution is 6.25. The average molecular weight is 558 g/mol. The number of phenols is 1. The summed E-state index contributed by atoms with van der Waals surface area (Å²) < 4.78 is 5.30. The highest BCUT2D eigenvalue weighted by Gasteiger charge is 2.69. The van der Waals surface area contributed by atoms with E-state index >= 15 is 0 Å². The van der Waals surface area contributed by atoms with Gasteiger partial charge in [-0.2, -0.15) is 0 Å². The third-order valence-electron chi connectivity index (χ3n) is 9.24. The number of ketones is 3. The third-order valence-corrected chi connectivity index (χ3v) is 9.24. The van der Waals surface area contributed by atoms with Gasteiger partial charge in [0.1, 0.15) is 11.7 Å². The Morgan fingerprint density at radius 2 is 1.82 bits per heavy atom. The number of amides is 2. The number of carbonyl (C=O) groups excluding carboxylic acids is 5. The van der Waals surface area contributed by atoms with Gasteiger partial charge >= 0.3 is 0 Å². The van der Waals surface area contributed by atoms with E-state index in [1.807, 2.05) is 0 Å². The zero-order valence-electron chi connectivity index (χ0n) is 22.5. The van der Waals surface area contributed by atoms with Gasteiger partial charge in [0.2, 0.25) is 11.8 Å². The number of primary amides is 1. The fourth-order valence-corrected chi connectivity index (χ4v) is 7.33.